The Balaban J connectivity index is 1.16. The Labute approximate surface area is 329 Å². The third-order valence-electron chi connectivity index (χ3n) is 17.2. The van der Waals surface area contributed by atoms with Gasteiger partial charge in [0, 0.05) is 0 Å². The van der Waals surface area contributed by atoms with Crippen LogP contribution in [0, 0.1) is 50.2 Å². The van der Waals surface area contributed by atoms with Gasteiger partial charge in [-0.15, -0.1) is 0 Å². The standard InChI is InChI=1S/C42H66O14/c1-37(2)14-16-42(36(52)56-34-30(48)27(45)26(44)22(19-43)53-34)17-15-40(6)20(21(42)18-37)8-9-24-39(5)12-11-25(38(3,4)23(39)10-13-41(24,40)7)54-35-31(49)28(46)29(47)32(55-35)33(50)51/h8,21-32,34-35,43-49H,9-19H2,1-7H3,(H,50,51)/p-1/t21-,22+,23-,24+,25-,26+,27-,28-,29-,30+,31+,32-,34-,35+,39-,40+,41+,42-/m0/s1. The minimum Gasteiger partial charge on any atom is -0.547 e. The van der Waals surface area contributed by atoms with Crippen LogP contribution in [0.3, 0.4) is 0 Å². The van der Waals surface area contributed by atoms with Gasteiger partial charge in [0.2, 0.25) is 6.29 Å². The van der Waals surface area contributed by atoms with Crippen molar-refractivity contribution in [2.45, 2.75) is 180 Å². The second-order valence-electron chi connectivity index (χ2n) is 20.7. The quantitative estimate of drug-likeness (QED) is 0.113. The fourth-order valence-electron chi connectivity index (χ4n) is 13.5. The fourth-order valence-corrected chi connectivity index (χ4v) is 13.5. The van der Waals surface area contributed by atoms with Crippen LogP contribution in [0.1, 0.15) is 113 Å². The zero-order valence-electron chi connectivity index (χ0n) is 33.9. The van der Waals surface area contributed by atoms with E-state index in [2.05, 4.69) is 54.5 Å². The second kappa shape index (κ2) is 14.2. The second-order valence-corrected chi connectivity index (χ2v) is 20.7. The van der Waals surface area contributed by atoms with E-state index in [4.69, 9.17) is 18.9 Å². The molecular formula is C42H65O14-. The molecule has 0 aromatic carbocycles. The first kappa shape index (κ1) is 42.4. The van der Waals surface area contributed by atoms with Crippen LogP contribution in [0.15, 0.2) is 11.6 Å². The normalized spacial score (nSPS) is 52.3. The van der Waals surface area contributed by atoms with Crippen molar-refractivity contribution >= 4 is 11.9 Å². The van der Waals surface area contributed by atoms with Gasteiger partial charge in [0.05, 0.1) is 24.1 Å². The van der Waals surface area contributed by atoms with Crippen LogP contribution in [0.2, 0.25) is 0 Å². The highest BCUT2D eigenvalue weighted by atomic mass is 16.7. The molecule has 5 aliphatic carbocycles. The van der Waals surface area contributed by atoms with Crippen molar-refractivity contribution < 1.29 is 69.4 Å². The zero-order chi connectivity index (χ0) is 41.1. The minimum absolute atomic E-state index is 0.0365. The van der Waals surface area contributed by atoms with Gasteiger partial charge < -0.3 is 64.6 Å². The molecule has 14 heteroatoms. The number of aliphatic hydroxyl groups excluding tert-OH is 7. The zero-order valence-corrected chi connectivity index (χ0v) is 33.9. The van der Waals surface area contributed by atoms with Crippen molar-refractivity contribution in [1.29, 1.82) is 0 Å². The average molecular weight is 794 g/mol. The third-order valence-corrected chi connectivity index (χ3v) is 17.2. The van der Waals surface area contributed by atoms with Crippen LogP contribution < -0.4 is 5.11 Å². The molecule has 7 N–H and O–H groups in total. The molecule has 0 bridgehead atoms. The highest BCUT2D eigenvalue weighted by Gasteiger charge is 2.70. The number of ether oxygens (including phenoxy) is 4. The van der Waals surface area contributed by atoms with E-state index in [0.29, 0.717) is 25.2 Å². The molecule has 318 valence electrons. The molecule has 0 unspecified atom stereocenters. The summed E-state index contributed by atoms with van der Waals surface area (Å²) < 4.78 is 23.4. The Bertz CT molecular complexity index is 1560. The molecule has 2 aliphatic heterocycles. The van der Waals surface area contributed by atoms with Gasteiger partial charge in [0.1, 0.15) is 48.8 Å². The maximum absolute atomic E-state index is 14.6. The molecule has 6 fully saturated rings. The Morgan fingerprint density at radius 1 is 0.768 bits per heavy atom. The first-order chi connectivity index (χ1) is 26.0. The predicted octanol–water partition coefficient (Wildman–Crippen LogP) is 1.07. The smallest absolute Gasteiger partial charge is 0.315 e. The highest BCUT2D eigenvalue weighted by molar-refractivity contribution is 5.79. The number of carboxylic acids is 1. The first-order valence-electron chi connectivity index (χ1n) is 20.8. The Kier molecular flexibility index (Phi) is 10.8. The molecule has 14 nitrogen and oxygen atoms in total. The van der Waals surface area contributed by atoms with Crippen LogP contribution in [0.5, 0.6) is 0 Å². The Hall–Kier alpha value is -1.72. The van der Waals surface area contributed by atoms with Crippen LogP contribution in [-0.2, 0) is 28.5 Å². The average Bonchev–Trinajstić information content (AvgIpc) is 3.12. The summed E-state index contributed by atoms with van der Waals surface area (Å²) in [5.41, 5.74) is -0.499. The summed E-state index contributed by atoms with van der Waals surface area (Å²) in [5, 5.41) is 84.4. The van der Waals surface area contributed by atoms with Crippen LogP contribution in [-0.4, -0.2) is 122 Å². The molecule has 2 heterocycles. The van der Waals surface area contributed by atoms with Gasteiger partial charge in [-0.1, -0.05) is 60.1 Å². The van der Waals surface area contributed by atoms with Crippen molar-refractivity contribution in [3.8, 4) is 0 Å². The lowest BCUT2D eigenvalue weighted by Crippen LogP contribution is -2.66. The van der Waals surface area contributed by atoms with Crippen molar-refractivity contribution in [3.63, 3.8) is 0 Å². The Morgan fingerprint density at radius 2 is 1.41 bits per heavy atom. The van der Waals surface area contributed by atoms with Crippen LogP contribution in [0.4, 0.5) is 0 Å². The van der Waals surface area contributed by atoms with Crippen LogP contribution in [0.25, 0.3) is 0 Å². The van der Waals surface area contributed by atoms with Gasteiger partial charge in [-0.3, -0.25) is 4.79 Å². The summed E-state index contributed by atoms with van der Waals surface area (Å²) in [6, 6.07) is 0. The molecule has 0 radical (unpaired) electrons. The van der Waals surface area contributed by atoms with Gasteiger partial charge in [-0.05, 0) is 109 Å². The highest BCUT2D eigenvalue weighted by Crippen LogP contribution is 2.76. The van der Waals surface area contributed by atoms with Crippen molar-refractivity contribution in [2.24, 2.45) is 50.2 Å². The monoisotopic (exact) mass is 793 g/mol. The number of aliphatic hydroxyl groups is 7. The molecule has 0 amide bonds. The lowest BCUT2D eigenvalue weighted by molar-refractivity contribution is -0.359. The van der Waals surface area contributed by atoms with E-state index in [1.807, 2.05) is 0 Å². The number of carboxylic acid groups (broad SMARTS) is 1. The summed E-state index contributed by atoms with van der Waals surface area (Å²) >= 11 is 0. The molecule has 7 aliphatic rings. The maximum atomic E-state index is 14.6. The van der Waals surface area contributed by atoms with E-state index in [1.165, 1.54) is 5.57 Å². The molecule has 56 heavy (non-hydrogen) atoms. The molecule has 2 saturated heterocycles. The number of esters is 1. The minimum atomic E-state index is -1.85. The molecule has 0 aromatic rings. The SMILES string of the molecule is CC1(C)CC[C@]2(C(=O)O[C@@H]3O[C@H](CO)[C@@H](O)[C@H](O)[C@H]3O)CC[C@]3(C)C(=CC[C@@H]4[C@@]5(C)CC[C@H](O[C@@H]6O[C@H](C(=O)[O-])[C@@H](O)[C@H](O)[C@H]6O)C(C)(C)[C@@H]5CC[C@]43C)[C@@H]2C1. The van der Waals surface area contributed by atoms with E-state index < -0.39 is 96.9 Å². The van der Waals surface area contributed by atoms with E-state index in [9.17, 15) is 50.4 Å². The van der Waals surface area contributed by atoms with Crippen molar-refractivity contribution in [2.75, 3.05) is 6.61 Å². The van der Waals surface area contributed by atoms with Gasteiger partial charge >= 0.3 is 5.97 Å². The predicted molar refractivity (Wildman–Crippen MR) is 195 cm³/mol. The number of hydrogen-bond acceptors (Lipinski definition) is 14. The lowest BCUT2D eigenvalue weighted by Gasteiger charge is -2.71. The summed E-state index contributed by atoms with van der Waals surface area (Å²) in [6.45, 7) is 15.4. The molecule has 7 rings (SSSR count). The van der Waals surface area contributed by atoms with Gasteiger partial charge in [-0.25, -0.2) is 0 Å². The van der Waals surface area contributed by atoms with Crippen molar-refractivity contribution in [1.82, 2.24) is 0 Å². The van der Waals surface area contributed by atoms with E-state index in [0.717, 1.165) is 44.9 Å². The maximum Gasteiger partial charge on any atom is 0.315 e. The van der Waals surface area contributed by atoms with E-state index in [1.54, 1.807) is 0 Å². The van der Waals surface area contributed by atoms with Gasteiger partial charge in [0.15, 0.2) is 6.29 Å². The molecule has 18 atom stereocenters. The number of allylic oxidation sites excluding steroid dienone is 2. The number of rotatable bonds is 6. The summed E-state index contributed by atoms with van der Waals surface area (Å²) in [4.78, 5) is 26.2. The number of fused-ring (bicyclic) bond motifs is 7. The number of aliphatic carboxylic acids is 1. The summed E-state index contributed by atoms with van der Waals surface area (Å²) in [7, 11) is 0. The number of hydrogen-bond donors (Lipinski definition) is 7. The largest absolute Gasteiger partial charge is 0.547 e. The Morgan fingerprint density at radius 3 is 2.07 bits per heavy atom. The van der Waals surface area contributed by atoms with Crippen LogP contribution >= 0.6 is 0 Å². The summed E-state index contributed by atoms with van der Waals surface area (Å²) in [5.74, 6) is -1.80. The van der Waals surface area contributed by atoms with Gasteiger partial charge in [-0.2, -0.15) is 0 Å². The van der Waals surface area contributed by atoms with Gasteiger partial charge in [0.25, 0.3) is 0 Å². The van der Waals surface area contributed by atoms with E-state index >= 15 is 0 Å². The number of carbonyl (C=O) groups excluding carboxylic acids is 2. The molecular weight excluding hydrogens is 728 g/mol. The molecule has 4 saturated carbocycles. The molecule has 0 spiro atoms. The lowest BCUT2D eigenvalue weighted by atomic mass is 9.33. The van der Waals surface area contributed by atoms with E-state index in [-0.39, 0.29) is 33.5 Å². The third kappa shape index (κ3) is 6.17. The first-order valence-corrected chi connectivity index (χ1v) is 20.8. The topological polar surface area (TPSA) is 236 Å². The van der Waals surface area contributed by atoms with Crippen molar-refractivity contribution in [3.05, 3.63) is 11.6 Å². The molecule has 0 aromatic heterocycles. The fraction of sp³-hybridized carbons (Fsp3) is 0.905. The number of carbonyl (C=O) groups is 2. The summed E-state index contributed by atoms with van der Waals surface area (Å²) in [6.07, 6.45) is -6.53.